The van der Waals surface area contributed by atoms with Crippen molar-refractivity contribution < 1.29 is 9.47 Å². The molecule has 0 aromatic heterocycles. The molecule has 5 N–H and O–H groups in total. The van der Waals surface area contributed by atoms with E-state index in [2.05, 4.69) is 5.32 Å². The minimum absolute atomic E-state index is 0.418. The van der Waals surface area contributed by atoms with E-state index < -0.39 is 5.85 Å². The summed E-state index contributed by atoms with van der Waals surface area (Å²) >= 11 is 0. The summed E-state index contributed by atoms with van der Waals surface area (Å²) in [5, 5.41) is 2.78. The van der Waals surface area contributed by atoms with Gasteiger partial charge in [0.25, 0.3) is 0 Å². The van der Waals surface area contributed by atoms with Gasteiger partial charge in [-0.05, 0) is 12.2 Å². The van der Waals surface area contributed by atoms with E-state index in [1.165, 1.54) is 14.2 Å². The molecule has 1 atom stereocenters. The van der Waals surface area contributed by atoms with E-state index in [1.807, 2.05) is 0 Å². The Morgan fingerprint density at radius 2 is 2.17 bits per heavy atom. The molecule has 0 saturated carbocycles. The first-order valence-electron chi connectivity index (χ1n) is 3.46. The summed E-state index contributed by atoms with van der Waals surface area (Å²) in [7, 11) is 3.00. The van der Waals surface area contributed by atoms with E-state index in [1.54, 1.807) is 12.2 Å². The number of nitrogens with one attached hydrogen (secondary N) is 1. The van der Waals surface area contributed by atoms with Crippen LogP contribution >= 0.6 is 0 Å². The van der Waals surface area contributed by atoms with Crippen molar-refractivity contribution in [3.63, 3.8) is 0 Å². The van der Waals surface area contributed by atoms with Gasteiger partial charge in [-0.3, -0.25) is 5.73 Å². The van der Waals surface area contributed by atoms with Crippen LogP contribution in [0.15, 0.2) is 23.7 Å². The molecule has 0 aromatic rings. The molecule has 0 radical (unpaired) electrons. The maximum Gasteiger partial charge on any atom is 0.215 e. The van der Waals surface area contributed by atoms with Crippen LogP contribution in [0.1, 0.15) is 0 Å². The molecular weight excluding hydrogens is 158 g/mol. The quantitative estimate of drug-likeness (QED) is 0.473. The predicted molar refractivity (Wildman–Crippen MR) is 44.4 cm³/mol. The fraction of sp³-hybridized carbons (Fsp3) is 0.429. The van der Waals surface area contributed by atoms with Crippen LogP contribution in [0.3, 0.4) is 0 Å². The van der Waals surface area contributed by atoms with Gasteiger partial charge in [0.15, 0.2) is 0 Å². The van der Waals surface area contributed by atoms with Crippen LogP contribution in [0.4, 0.5) is 0 Å². The third-order valence-corrected chi connectivity index (χ3v) is 1.62. The predicted octanol–water partition coefficient (Wildman–Crippen LogP) is -0.821. The van der Waals surface area contributed by atoms with Crippen LogP contribution in [0.2, 0.25) is 0 Å². The highest BCUT2D eigenvalue weighted by Gasteiger charge is 2.26. The van der Waals surface area contributed by atoms with Crippen molar-refractivity contribution in [1.82, 2.24) is 5.32 Å². The standard InChI is InChI=1S/C7H13N3O2/c1-11-6-5(8)3-4-7(9,10-6)12-2/h3-4,10H,8-9H2,1-2H3. The van der Waals surface area contributed by atoms with Crippen LogP contribution in [0.25, 0.3) is 0 Å². The molecule has 0 aromatic carbocycles. The van der Waals surface area contributed by atoms with Crippen molar-refractivity contribution in [2.45, 2.75) is 5.85 Å². The van der Waals surface area contributed by atoms with E-state index in [0.29, 0.717) is 11.6 Å². The Labute approximate surface area is 71.0 Å². The molecule has 0 fully saturated rings. The maximum atomic E-state index is 5.70. The lowest BCUT2D eigenvalue weighted by atomic mass is 10.2. The van der Waals surface area contributed by atoms with E-state index in [4.69, 9.17) is 20.9 Å². The minimum Gasteiger partial charge on any atom is -0.481 e. The maximum absolute atomic E-state index is 5.70. The molecule has 1 rings (SSSR count). The number of methoxy groups -OCH3 is 2. The molecule has 5 heteroatoms. The number of allylic oxidation sites excluding steroid dienone is 1. The molecular formula is C7H13N3O2. The van der Waals surface area contributed by atoms with Crippen LogP contribution < -0.4 is 16.8 Å². The summed E-state index contributed by atoms with van der Waals surface area (Å²) in [4.78, 5) is 0. The number of hydrogen-bond donors (Lipinski definition) is 3. The third kappa shape index (κ3) is 1.51. The summed E-state index contributed by atoms with van der Waals surface area (Å²) in [6.45, 7) is 0. The molecule has 0 aliphatic carbocycles. The average Bonchev–Trinajstić information content (AvgIpc) is 2.10. The lowest BCUT2D eigenvalue weighted by molar-refractivity contribution is -0.000416. The van der Waals surface area contributed by atoms with Crippen LogP contribution in [0, 0.1) is 0 Å². The SMILES string of the molecule is COC1=C(N)C=CC(N)(OC)N1. The molecule has 0 amide bonds. The van der Waals surface area contributed by atoms with Crippen LogP contribution in [-0.2, 0) is 9.47 Å². The van der Waals surface area contributed by atoms with E-state index in [0.717, 1.165) is 0 Å². The topological polar surface area (TPSA) is 82.5 Å². The third-order valence-electron chi connectivity index (χ3n) is 1.62. The first-order valence-corrected chi connectivity index (χ1v) is 3.46. The molecule has 5 nitrogen and oxygen atoms in total. The normalized spacial score (nSPS) is 28.6. The van der Waals surface area contributed by atoms with E-state index in [-0.39, 0.29) is 0 Å². The fourth-order valence-electron chi connectivity index (χ4n) is 0.868. The second kappa shape index (κ2) is 3.04. The molecule has 0 bridgehead atoms. The zero-order valence-corrected chi connectivity index (χ0v) is 7.13. The Balaban J connectivity index is 2.83. The van der Waals surface area contributed by atoms with Gasteiger partial charge in [0.05, 0.1) is 12.8 Å². The van der Waals surface area contributed by atoms with Gasteiger partial charge < -0.3 is 20.5 Å². The summed E-state index contributed by atoms with van der Waals surface area (Å²) < 4.78 is 9.90. The zero-order valence-electron chi connectivity index (χ0n) is 7.13. The van der Waals surface area contributed by atoms with Gasteiger partial charge in [0.1, 0.15) is 0 Å². The Morgan fingerprint density at radius 1 is 1.50 bits per heavy atom. The lowest BCUT2D eigenvalue weighted by Crippen LogP contribution is -2.55. The van der Waals surface area contributed by atoms with Gasteiger partial charge in [0, 0.05) is 7.11 Å². The summed E-state index contributed by atoms with van der Waals surface area (Å²) in [5.41, 5.74) is 11.8. The number of nitrogens with two attached hydrogens (primary N) is 2. The van der Waals surface area contributed by atoms with Gasteiger partial charge in [-0.25, -0.2) is 0 Å². The Morgan fingerprint density at radius 3 is 2.67 bits per heavy atom. The summed E-state index contributed by atoms with van der Waals surface area (Å²) in [6, 6.07) is 0. The monoisotopic (exact) mass is 171 g/mol. The van der Waals surface area contributed by atoms with Crippen LogP contribution in [-0.4, -0.2) is 20.1 Å². The van der Waals surface area contributed by atoms with Crippen molar-refractivity contribution in [1.29, 1.82) is 0 Å². The molecule has 12 heavy (non-hydrogen) atoms. The largest absolute Gasteiger partial charge is 0.481 e. The second-order valence-corrected chi connectivity index (χ2v) is 2.44. The molecule has 1 heterocycles. The van der Waals surface area contributed by atoms with Gasteiger partial charge in [-0.1, -0.05) is 0 Å². The number of ether oxygens (including phenoxy) is 2. The van der Waals surface area contributed by atoms with Gasteiger partial charge >= 0.3 is 0 Å². The van der Waals surface area contributed by atoms with Crippen molar-refractivity contribution in [3.8, 4) is 0 Å². The number of hydrogen-bond acceptors (Lipinski definition) is 5. The van der Waals surface area contributed by atoms with Crippen molar-refractivity contribution >= 4 is 0 Å². The van der Waals surface area contributed by atoms with Crippen molar-refractivity contribution in [3.05, 3.63) is 23.7 Å². The summed E-state index contributed by atoms with van der Waals surface area (Å²) in [5.74, 6) is -0.601. The van der Waals surface area contributed by atoms with E-state index in [9.17, 15) is 0 Å². The lowest BCUT2D eigenvalue weighted by Gasteiger charge is -2.30. The molecule has 0 saturated heterocycles. The number of dihydropyridines is 1. The van der Waals surface area contributed by atoms with Crippen molar-refractivity contribution in [2.24, 2.45) is 11.5 Å². The van der Waals surface area contributed by atoms with Crippen molar-refractivity contribution in [2.75, 3.05) is 14.2 Å². The molecule has 1 aliphatic rings. The summed E-state index contributed by atoms with van der Waals surface area (Å²) in [6.07, 6.45) is 3.25. The first kappa shape index (κ1) is 8.89. The Kier molecular flexibility index (Phi) is 2.25. The van der Waals surface area contributed by atoms with Gasteiger partial charge in [-0.2, -0.15) is 0 Å². The fourth-order valence-corrected chi connectivity index (χ4v) is 0.868. The Hall–Kier alpha value is -1.20. The molecule has 1 unspecified atom stereocenters. The number of rotatable bonds is 2. The van der Waals surface area contributed by atoms with Crippen LogP contribution in [0.5, 0.6) is 0 Å². The first-order chi connectivity index (χ1) is 5.61. The second-order valence-electron chi connectivity index (χ2n) is 2.44. The highest BCUT2D eigenvalue weighted by molar-refractivity contribution is 5.26. The van der Waals surface area contributed by atoms with E-state index >= 15 is 0 Å². The molecule has 1 aliphatic heterocycles. The Bertz CT molecular complexity index is 237. The highest BCUT2D eigenvalue weighted by atomic mass is 16.5. The molecule has 0 spiro atoms. The average molecular weight is 171 g/mol. The van der Waals surface area contributed by atoms with Gasteiger partial charge in [0.2, 0.25) is 11.7 Å². The molecule has 68 valence electrons. The minimum atomic E-state index is -1.02. The smallest absolute Gasteiger partial charge is 0.215 e. The highest BCUT2D eigenvalue weighted by Crippen LogP contribution is 2.12. The van der Waals surface area contributed by atoms with Gasteiger partial charge in [-0.15, -0.1) is 0 Å². The zero-order chi connectivity index (χ0) is 9.19.